The summed E-state index contributed by atoms with van der Waals surface area (Å²) in [5.74, 6) is -13.4. The Bertz CT molecular complexity index is 2060. The molecule has 15 heteroatoms. The maximum atomic E-state index is 14.2. The van der Waals surface area contributed by atoms with Crippen molar-refractivity contribution in [1.29, 1.82) is 0 Å². The van der Waals surface area contributed by atoms with Crippen LogP contribution >= 0.6 is 0 Å². The first-order chi connectivity index (χ1) is 23.7. The molecule has 2 aliphatic heterocycles. The van der Waals surface area contributed by atoms with Crippen LogP contribution in [-0.4, -0.2) is 57.2 Å². The number of rotatable bonds is 6. The predicted molar refractivity (Wildman–Crippen MR) is 164 cm³/mol. The maximum absolute atomic E-state index is 14.2. The van der Waals surface area contributed by atoms with Crippen molar-refractivity contribution in [2.75, 3.05) is 9.80 Å². The van der Waals surface area contributed by atoms with Crippen LogP contribution in [0.25, 0.3) is 0 Å². The number of halogens is 3. The lowest BCUT2D eigenvalue weighted by Crippen LogP contribution is -2.43. The topological polar surface area (TPSA) is 179 Å². The number of amides is 4. The fourth-order valence-corrected chi connectivity index (χ4v) is 7.98. The molecule has 7 rings (SSSR count). The van der Waals surface area contributed by atoms with Crippen molar-refractivity contribution in [1.82, 2.24) is 0 Å². The highest BCUT2D eigenvalue weighted by Crippen LogP contribution is 2.59. The summed E-state index contributed by atoms with van der Waals surface area (Å²) < 4.78 is 43.9. The molecule has 3 aromatic rings. The van der Waals surface area contributed by atoms with Crippen LogP contribution in [-0.2, 0) is 19.2 Å². The first-order valence-electron chi connectivity index (χ1n) is 15.4. The summed E-state index contributed by atoms with van der Waals surface area (Å²) >= 11 is 0. The van der Waals surface area contributed by atoms with Crippen LogP contribution in [0, 0.1) is 29.6 Å². The van der Waals surface area contributed by atoms with Crippen molar-refractivity contribution in [3.05, 3.63) is 95.1 Å². The molecule has 2 heterocycles. The van der Waals surface area contributed by atoms with Crippen molar-refractivity contribution in [2.24, 2.45) is 29.6 Å². The van der Waals surface area contributed by atoms with Gasteiger partial charge in [-0.1, -0.05) is 23.8 Å². The highest BCUT2D eigenvalue weighted by Gasteiger charge is 2.62. The van der Waals surface area contributed by atoms with Gasteiger partial charge >= 0.3 is 18.3 Å². The van der Waals surface area contributed by atoms with Crippen LogP contribution in [0.1, 0.15) is 45.0 Å². The molecule has 1 saturated carbocycles. The van der Waals surface area contributed by atoms with E-state index in [0.29, 0.717) is 5.57 Å². The first-order valence-corrected chi connectivity index (χ1v) is 15.4. The number of allylic oxidation sites excluding steroid dienone is 2. The number of ether oxygens (including phenoxy) is 1. The smallest absolute Gasteiger partial charge is 0.508 e. The second kappa shape index (κ2) is 11.6. The quantitative estimate of drug-likeness (QED) is 0.242. The number of carbonyl (C=O) groups excluding carboxylic acids is 4. The van der Waals surface area contributed by atoms with Gasteiger partial charge in [0.05, 0.1) is 46.2 Å². The Morgan fingerprint density at radius 3 is 1.84 bits per heavy atom. The SMILES string of the molecule is O=C(O)c1cccc(N2C(=O)[C@H]3[C@H](CC=C4[C@H]3C[C@H]3C(=O)N(c5cccc(C(=O)O)c5)C(=O)[C@H]3[C@H]4c3cc(OC(F)(F)F)ccc3O)C2=O)c1. The average molecular weight is 691 g/mol. The molecule has 256 valence electrons. The Kier molecular flexibility index (Phi) is 7.53. The van der Waals surface area contributed by atoms with E-state index in [1.165, 1.54) is 42.5 Å². The Morgan fingerprint density at radius 2 is 1.28 bits per heavy atom. The molecule has 0 unspecified atom stereocenters. The molecule has 0 radical (unpaired) electrons. The highest BCUT2D eigenvalue weighted by molar-refractivity contribution is 6.24. The molecule has 3 aromatic carbocycles. The molecule has 2 aliphatic carbocycles. The lowest BCUT2D eigenvalue weighted by atomic mass is 9.57. The summed E-state index contributed by atoms with van der Waals surface area (Å²) in [6.45, 7) is 0. The Labute approximate surface area is 280 Å². The van der Waals surface area contributed by atoms with Gasteiger partial charge in [-0.15, -0.1) is 13.2 Å². The number of imide groups is 2. The normalized spacial score (nSPS) is 25.9. The van der Waals surface area contributed by atoms with Gasteiger partial charge in [-0.2, -0.15) is 0 Å². The third-order valence-corrected chi connectivity index (χ3v) is 9.92. The minimum Gasteiger partial charge on any atom is -0.508 e. The first kappa shape index (κ1) is 32.6. The Morgan fingerprint density at radius 1 is 0.720 bits per heavy atom. The third kappa shape index (κ3) is 5.16. The second-order valence-electron chi connectivity index (χ2n) is 12.5. The van der Waals surface area contributed by atoms with E-state index in [2.05, 4.69) is 4.74 Å². The summed E-state index contributed by atoms with van der Waals surface area (Å²) in [4.78, 5) is 81.3. The van der Waals surface area contributed by atoms with Crippen molar-refractivity contribution >= 4 is 46.9 Å². The number of anilines is 2. The second-order valence-corrected chi connectivity index (χ2v) is 12.5. The zero-order chi connectivity index (χ0) is 35.8. The van der Waals surface area contributed by atoms with Gasteiger partial charge in [0.25, 0.3) is 0 Å². The van der Waals surface area contributed by atoms with Crippen LogP contribution in [0.5, 0.6) is 11.5 Å². The van der Waals surface area contributed by atoms with Gasteiger partial charge in [0.15, 0.2) is 0 Å². The van der Waals surface area contributed by atoms with Crippen molar-refractivity contribution in [3.63, 3.8) is 0 Å². The van der Waals surface area contributed by atoms with Gasteiger partial charge in [-0.3, -0.25) is 29.0 Å². The number of carboxylic acid groups (broad SMARTS) is 2. The lowest BCUT2D eigenvalue weighted by Gasteiger charge is -2.44. The number of carboxylic acids is 2. The summed E-state index contributed by atoms with van der Waals surface area (Å²) in [5, 5.41) is 30.1. The van der Waals surface area contributed by atoms with Crippen molar-refractivity contribution < 1.29 is 62.0 Å². The number of phenols is 1. The Balaban J connectivity index is 1.35. The molecule has 0 bridgehead atoms. The van der Waals surface area contributed by atoms with Gasteiger partial charge in [0, 0.05) is 11.5 Å². The molecule has 2 saturated heterocycles. The molecule has 0 aromatic heterocycles. The average Bonchev–Trinajstić information content (AvgIpc) is 3.47. The molecular formula is C35H25F3N2O10. The molecule has 4 aliphatic rings. The largest absolute Gasteiger partial charge is 0.573 e. The molecule has 6 atom stereocenters. The number of phenolic OH excluding ortho intramolecular Hbond substituents is 1. The third-order valence-electron chi connectivity index (χ3n) is 9.92. The van der Waals surface area contributed by atoms with E-state index in [0.717, 1.165) is 34.1 Å². The van der Waals surface area contributed by atoms with E-state index in [1.807, 2.05) is 0 Å². The molecule has 0 spiro atoms. The van der Waals surface area contributed by atoms with E-state index in [1.54, 1.807) is 6.08 Å². The number of alkyl halides is 3. The van der Waals surface area contributed by atoms with Gasteiger partial charge in [0.2, 0.25) is 23.6 Å². The molecular weight excluding hydrogens is 665 g/mol. The summed E-state index contributed by atoms with van der Waals surface area (Å²) in [5.41, 5.74) is -0.246. The fourth-order valence-electron chi connectivity index (χ4n) is 7.98. The summed E-state index contributed by atoms with van der Waals surface area (Å²) in [6.07, 6.45) is -3.66. The fraction of sp³-hybridized carbons (Fsp3) is 0.257. The number of carbonyl (C=O) groups is 6. The number of hydrogen-bond donors (Lipinski definition) is 3. The number of fused-ring (bicyclic) bond motifs is 4. The van der Waals surface area contributed by atoms with Crippen molar-refractivity contribution in [2.45, 2.75) is 25.1 Å². The van der Waals surface area contributed by atoms with Crippen LogP contribution in [0.2, 0.25) is 0 Å². The minimum absolute atomic E-state index is 0.0207. The van der Waals surface area contributed by atoms with Gasteiger partial charge in [0.1, 0.15) is 11.5 Å². The maximum Gasteiger partial charge on any atom is 0.573 e. The number of aromatic carboxylic acids is 2. The van der Waals surface area contributed by atoms with Crippen LogP contribution in [0.15, 0.2) is 78.4 Å². The van der Waals surface area contributed by atoms with Gasteiger partial charge in [-0.05, 0) is 73.4 Å². The van der Waals surface area contributed by atoms with E-state index >= 15 is 0 Å². The molecule has 3 fully saturated rings. The standard InChI is InChI=1S/C35H25F3N2O10/c36-35(37,38)50-19-7-10-25(41)23(13-19)26-20-8-9-21-27(31(44)39(29(21)42)17-5-1-3-15(11-17)33(46)47)22(20)14-24-28(26)32(45)40(30(24)43)18-6-2-4-16(12-18)34(48)49/h1-8,10-13,21-22,24,26-28,41H,9,14H2,(H,46,47)(H,48,49)/t21-,22+,24+,26+,27-,28+/m0/s1. The van der Waals surface area contributed by atoms with Crippen molar-refractivity contribution in [3.8, 4) is 11.5 Å². The zero-order valence-electron chi connectivity index (χ0n) is 25.5. The van der Waals surface area contributed by atoms with E-state index in [4.69, 9.17) is 0 Å². The molecule has 4 amide bonds. The minimum atomic E-state index is -5.10. The van der Waals surface area contributed by atoms with E-state index in [-0.39, 0.29) is 40.9 Å². The summed E-state index contributed by atoms with van der Waals surface area (Å²) in [7, 11) is 0. The van der Waals surface area contributed by atoms with Crippen LogP contribution < -0.4 is 14.5 Å². The van der Waals surface area contributed by atoms with Crippen LogP contribution in [0.4, 0.5) is 24.5 Å². The Hall–Kier alpha value is -5.99. The number of hydrogen-bond acceptors (Lipinski definition) is 8. The molecule has 3 N–H and O–H groups in total. The lowest BCUT2D eigenvalue weighted by molar-refractivity contribution is -0.274. The number of benzene rings is 3. The molecule has 12 nitrogen and oxygen atoms in total. The summed E-state index contributed by atoms with van der Waals surface area (Å²) in [6, 6.07) is 13.1. The number of aromatic hydroxyl groups is 1. The monoisotopic (exact) mass is 690 g/mol. The number of nitrogens with zero attached hydrogens (tertiary/aromatic N) is 2. The van der Waals surface area contributed by atoms with Crippen LogP contribution in [0.3, 0.4) is 0 Å². The zero-order valence-corrected chi connectivity index (χ0v) is 25.5. The van der Waals surface area contributed by atoms with E-state index < -0.39 is 88.9 Å². The predicted octanol–water partition coefficient (Wildman–Crippen LogP) is 4.73. The van der Waals surface area contributed by atoms with E-state index in [9.17, 15) is 57.3 Å². The molecule has 50 heavy (non-hydrogen) atoms. The van der Waals surface area contributed by atoms with Gasteiger partial charge < -0.3 is 20.1 Å². The van der Waals surface area contributed by atoms with Gasteiger partial charge in [-0.25, -0.2) is 9.59 Å². The highest BCUT2D eigenvalue weighted by atomic mass is 19.4.